The zero-order valence-corrected chi connectivity index (χ0v) is 14.1. The Labute approximate surface area is 137 Å². The standard InChI is InChI=1S/C18H26O3S/c1-14-9-18(21-11-14)22-13-16-3-2-4-17(10-16)20-12-15-5-7-19-8-6-15/h2-4,10,14-15,18H,5-9,11-13H2,1H3/t14-,18?/m1/s1. The van der Waals surface area contributed by atoms with Gasteiger partial charge in [0.05, 0.1) is 13.2 Å². The van der Waals surface area contributed by atoms with Crippen molar-refractivity contribution >= 4 is 11.8 Å². The third-order valence-electron chi connectivity index (χ3n) is 4.32. The van der Waals surface area contributed by atoms with E-state index in [4.69, 9.17) is 14.2 Å². The molecular weight excluding hydrogens is 296 g/mol. The van der Waals surface area contributed by atoms with E-state index in [0.717, 1.165) is 50.8 Å². The summed E-state index contributed by atoms with van der Waals surface area (Å²) in [7, 11) is 0. The van der Waals surface area contributed by atoms with Crippen LogP contribution in [0.5, 0.6) is 5.75 Å². The van der Waals surface area contributed by atoms with E-state index in [1.807, 2.05) is 11.8 Å². The highest BCUT2D eigenvalue weighted by molar-refractivity contribution is 7.99. The van der Waals surface area contributed by atoms with E-state index in [2.05, 4.69) is 31.2 Å². The fraction of sp³-hybridized carbons (Fsp3) is 0.667. The number of hydrogen-bond acceptors (Lipinski definition) is 4. The Balaban J connectivity index is 1.44. The minimum absolute atomic E-state index is 0.363. The van der Waals surface area contributed by atoms with E-state index in [1.54, 1.807) is 0 Å². The average molecular weight is 322 g/mol. The molecule has 2 atom stereocenters. The van der Waals surface area contributed by atoms with Crippen LogP contribution in [0.3, 0.4) is 0 Å². The van der Waals surface area contributed by atoms with Gasteiger partial charge in [-0.1, -0.05) is 19.1 Å². The van der Waals surface area contributed by atoms with E-state index in [0.29, 0.717) is 17.3 Å². The van der Waals surface area contributed by atoms with Crippen LogP contribution < -0.4 is 4.74 Å². The summed E-state index contributed by atoms with van der Waals surface area (Å²) in [6.07, 6.45) is 3.41. The largest absolute Gasteiger partial charge is 0.493 e. The van der Waals surface area contributed by atoms with Gasteiger partial charge in [-0.25, -0.2) is 0 Å². The highest BCUT2D eigenvalue weighted by Gasteiger charge is 2.22. The normalized spacial score (nSPS) is 26.2. The SMILES string of the molecule is C[C@H]1COC(SCc2cccc(OCC3CCOCC3)c2)C1. The van der Waals surface area contributed by atoms with Crippen LogP contribution in [0.4, 0.5) is 0 Å². The zero-order valence-electron chi connectivity index (χ0n) is 13.3. The summed E-state index contributed by atoms with van der Waals surface area (Å²) in [5, 5.41) is 0. The molecule has 22 heavy (non-hydrogen) atoms. The van der Waals surface area contributed by atoms with Crippen LogP contribution in [0.15, 0.2) is 24.3 Å². The van der Waals surface area contributed by atoms with E-state index >= 15 is 0 Å². The Kier molecular flexibility index (Phi) is 6.04. The van der Waals surface area contributed by atoms with Crippen molar-refractivity contribution in [1.82, 2.24) is 0 Å². The summed E-state index contributed by atoms with van der Waals surface area (Å²) in [5.74, 6) is 3.32. The quantitative estimate of drug-likeness (QED) is 0.788. The van der Waals surface area contributed by atoms with Gasteiger partial charge < -0.3 is 14.2 Å². The second-order valence-corrected chi connectivity index (χ2v) is 7.58. The van der Waals surface area contributed by atoms with E-state index < -0.39 is 0 Å². The average Bonchev–Trinajstić information content (AvgIpc) is 2.98. The lowest BCUT2D eigenvalue weighted by Gasteiger charge is -2.22. The molecule has 0 aliphatic carbocycles. The summed E-state index contributed by atoms with van der Waals surface area (Å²) in [6.45, 7) is 5.73. The molecule has 1 unspecified atom stereocenters. The van der Waals surface area contributed by atoms with Gasteiger partial charge >= 0.3 is 0 Å². The lowest BCUT2D eigenvalue weighted by molar-refractivity contribution is 0.0497. The summed E-state index contributed by atoms with van der Waals surface area (Å²) < 4.78 is 17.1. The Morgan fingerprint density at radius 2 is 2.14 bits per heavy atom. The first kappa shape index (κ1) is 16.2. The van der Waals surface area contributed by atoms with E-state index in [1.165, 1.54) is 12.0 Å². The molecule has 0 N–H and O–H groups in total. The van der Waals surface area contributed by atoms with Gasteiger partial charge in [0.15, 0.2) is 0 Å². The monoisotopic (exact) mass is 322 g/mol. The third kappa shape index (κ3) is 4.90. The topological polar surface area (TPSA) is 27.7 Å². The van der Waals surface area contributed by atoms with Gasteiger partial charge in [0.2, 0.25) is 0 Å². The summed E-state index contributed by atoms with van der Waals surface area (Å²) in [6, 6.07) is 8.49. The fourth-order valence-electron chi connectivity index (χ4n) is 2.89. The van der Waals surface area contributed by atoms with E-state index in [-0.39, 0.29) is 0 Å². The molecule has 1 aromatic carbocycles. The molecule has 2 saturated heterocycles. The smallest absolute Gasteiger partial charge is 0.119 e. The molecule has 2 fully saturated rings. The Bertz CT molecular complexity index is 435. The molecule has 2 aliphatic rings. The molecule has 2 heterocycles. The predicted octanol–water partition coefficient (Wildman–Crippen LogP) is 4.11. The highest BCUT2D eigenvalue weighted by atomic mass is 32.2. The van der Waals surface area contributed by atoms with Crippen LogP contribution in [-0.4, -0.2) is 31.9 Å². The Morgan fingerprint density at radius 1 is 1.27 bits per heavy atom. The molecule has 122 valence electrons. The Morgan fingerprint density at radius 3 is 2.91 bits per heavy atom. The van der Waals surface area contributed by atoms with Crippen molar-refractivity contribution < 1.29 is 14.2 Å². The van der Waals surface area contributed by atoms with Gasteiger partial charge in [0.1, 0.15) is 11.2 Å². The molecular formula is C18H26O3S. The van der Waals surface area contributed by atoms with Crippen molar-refractivity contribution in [2.24, 2.45) is 11.8 Å². The minimum atomic E-state index is 0.363. The van der Waals surface area contributed by atoms with Crippen molar-refractivity contribution in [2.75, 3.05) is 26.4 Å². The van der Waals surface area contributed by atoms with Crippen molar-refractivity contribution in [3.8, 4) is 5.75 Å². The molecule has 0 radical (unpaired) electrons. The van der Waals surface area contributed by atoms with Crippen molar-refractivity contribution in [1.29, 1.82) is 0 Å². The number of rotatable bonds is 6. The lowest BCUT2D eigenvalue weighted by atomic mass is 10.0. The number of benzene rings is 1. The summed E-state index contributed by atoms with van der Waals surface area (Å²) >= 11 is 1.90. The lowest BCUT2D eigenvalue weighted by Crippen LogP contribution is -2.21. The molecule has 1 aromatic rings. The van der Waals surface area contributed by atoms with Gasteiger partial charge in [-0.15, -0.1) is 11.8 Å². The summed E-state index contributed by atoms with van der Waals surface area (Å²) in [5.41, 5.74) is 1.68. The Hall–Kier alpha value is -0.710. The second kappa shape index (κ2) is 8.23. The van der Waals surface area contributed by atoms with Crippen LogP contribution in [0, 0.1) is 11.8 Å². The van der Waals surface area contributed by atoms with Crippen LogP contribution >= 0.6 is 11.8 Å². The van der Waals surface area contributed by atoms with Gasteiger partial charge in [0, 0.05) is 19.0 Å². The molecule has 2 aliphatic heterocycles. The molecule has 4 heteroatoms. The van der Waals surface area contributed by atoms with Crippen LogP contribution in [-0.2, 0) is 15.2 Å². The molecule has 3 rings (SSSR count). The first-order valence-electron chi connectivity index (χ1n) is 8.32. The van der Waals surface area contributed by atoms with Crippen molar-refractivity contribution in [3.63, 3.8) is 0 Å². The van der Waals surface area contributed by atoms with Crippen LogP contribution in [0.25, 0.3) is 0 Å². The second-order valence-electron chi connectivity index (χ2n) is 6.43. The molecule has 0 aromatic heterocycles. The van der Waals surface area contributed by atoms with Gasteiger partial charge in [-0.05, 0) is 48.8 Å². The molecule has 0 saturated carbocycles. The molecule has 3 nitrogen and oxygen atoms in total. The highest BCUT2D eigenvalue weighted by Crippen LogP contribution is 2.30. The van der Waals surface area contributed by atoms with E-state index in [9.17, 15) is 0 Å². The fourth-order valence-corrected chi connectivity index (χ4v) is 4.09. The van der Waals surface area contributed by atoms with Gasteiger partial charge in [-0.2, -0.15) is 0 Å². The van der Waals surface area contributed by atoms with Crippen LogP contribution in [0.2, 0.25) is 0 Å². The molecule has 0 bridgehead atoms. The molecule has 0 spiro atoms. The first-order valence-corrected chi connectivity index (χ1v) is 9.37. The predicted molar refractivity (Wildman–Crippen MR) is 90.3 cm³/mol. The maximum absolute atomic E-state index is 5.98. The molecule has 0 amide bonds. The maximum Gasteiger partial charge on any atom is 0.119 e. The summed E-state index contributed by atoms with van der Waals surface area (Å²) in [4.78, 5) is 0. The zero-order chi connectivity index (χ0) is 15.2. The minimum Gasteiger partial charge on any atom is -0.493 e. The third-order valence-corrected chi connectivity index (χ3v) is 5.52. The van der Waals surface area contributed by atoms with Gasteiger partial charge in [0.25, 0.3) is 0 Å². The first-order chi connectivity index (χ1) is 10.8. The van der Waals surface area contributed by atoms with Crippen molar-refractivity contribution in [3.05, 3.63) is 29.8 Å². The number of hydrogen-bond donors (Lipinski definition) is 0. The van der Waals surface area contributed by atoms with Gasteiger partial charge in [-0.3, -0.25) is 0 Å². The maximum atomic E-state index is 5.98. The number of ether oxygens (including phenoxy) is 3. The van der Waals surface area contributed by atoms with Crippen molar-refractivity contribution in [2.45, 2.75) is 37.4 Å². The van der Waals surface area contributed by atoms with Crippen LogP contribution in [0.1, 0.15) is 31.7 Å². The number of thioether (sulfide) groups is 1.